The van der Waals surface area contributed by atoms with E-state index in [4.69, 9.17) is 4.74 Å². The van der Waals surface area contributed by atoms with Crippen molar-refractivity contribution in [2.75, 3.05) is 33.3 Å². The van der Waals surface area contributed by atoms with Crippen LogP contribution in [0.5, 0.6) is 5.75 Å². The highest BCUT2D eigenvalue weighted by atomic mass is 16.5. The summed E-state index contributed by atoms with van der Waals surface area (Å²) in [6, 6.07) is 16.8. The van der Waals surface area contributed by atoms with Gasteiger partial charge >= 0.3 is 0 Å². The summed E-state index contributed by atoms with van der Waals surface area (Å²) in [7, 11) is 4.08. The molecule has 0 aliphatic carbocycles. The van der Waals surface area contributed by atoms with Crippen LogP contribution in [0.25, 0.3) is 0 Å². The number of aromatic nitrogens is 2. The van der Waals surface area contributed by atoms with E-state index in [0.29, 0.717) is 13.2 Å². The van der Waals surface area contributed by atoms with E-state index in [1.54, 1.807) is 0 Å². The van der Waals surface area contributed by atoms with E-state index in [2.05, 4.69) is 64.5 Å². The summed E-state index contributed by atoms with van der Waals surface area (Å²) >= 11 is 0. The fourth-order valence-corrected chi connectivity index (χ4v) is 4.26. The number of likely N-dealkylation sites (N-methyl/N-ethyl adjacent to an activating group) is 1. The van der Waals surface area contributed by atoms with E-state index in [1.165, 1.54) is 22.3 Å². The first-order valence-electron chi connectivity index (χ1n) is 11.4. The van der Waals surface area contributed by atoms with Crippen LogP contribution in [-0.2, 0) is 33.0 Å². The Balaban J connectivity index is 1.17. The van der Waals surface area contributed by atoms with E-state index in [-0.39, 0.29) is 0 Å². The van der Waals surface area contributed by atoms with Crippen molar-refractivity contribution < 1.29 is 9.84 Å². The van der Waals surface area contributed by atoms with Crippen LogP contribution in [-0.4, -0.2) is 64.1 Å². The molecule has 3 aromatic rings. The van der Waals surface area contributed by atoms with Gasteiger partial charge in [0.05, 0.1) is 6.20 Å². The minimum Gasteiger partial charge on any atom is -0.491 e. The summed E-state index contributed by atoms with van der Waals surface area (Å²) in [4.78, 5) is 4.62. The number of ether oxygens (including phenoxy) is 1. The molecule has 4 rings (SSSR count). The zero-order valence-corrected chi connectivity index (χ0v) is 19.2. The van der Waals surface area contributed by atoms with Crippen LogP contribution in [0.3, 0.4) is 0 Å². The largest absolute Gasteiger partial charge is 0.491 e. The molecule has 1 unspecified atom stereocenters. The highest BCUT2D eigenvalue weighted by molar-refractivity contribution is 5.29. The maximum atomic E-state index is 10.5. The Kier molecular flexibility index (Phi) is 7.58. The van der Waals surface area contributed by atoms with Crippen molar-refractivity contribution in [2.45, 2.75) is 32.0 Å². The number of hydrogen-bond acceptors (Lipinski definition) is 5. The van der Waals surface area contributed by atoms with Gasteiger partial charge in [0.15, 0.2) is 0 Å². The third-order valence-electron chi connectivity index (χ3n) is 6.04. The van der Waals surface area contributed by atoms with Crippen LogP contribution in [0.4, 0.5) is 0 Å². The number of aryl methyl sites for hydroxylation is 1. The maximum Gasteiger partial charge on any atom is 0.119 e. The van der Waals surface area contributed by atoms with Gasteiger partial charge in [0.2, 0.25) is 0 Å². The van der Waals surface area contributed by atoms with Gasteiger partial charge in [-0.1, -0.05) is 36.4 Å². The maximum absolute atomic E-state index is 10.5. The van der Waals surface area contributed by atoms with Gasteiger partial charge in [0.25, 0.3) is 0 Å². The van der Waals surface area contributed by atoms with Gasteiger partial charge < -0.3 is 14.7 Å². The van der Waals surface area contributed by atoms with Crippen LogP contribution >= 0.6 is 0 Å². The van der Waals surface area contributed by atoms with Crippen molar-refractivity contribution in [3.8, 4) is 5.75 Å². The van der Waals surface area contributed by atoms with Crippen molar-refractivity contribution in [1.29, 1.82) is 0 Å². The molecular weight excluding hydrogens is 400 g/mol. The number of benzene rings is 2. The van der Waals surface area contributed by atoms with Crippen LogP contribution < -0.4 is 4.74 Å². The summed E-state index contributed by atoms with van der Waals surface area (Å²) in [6.07, 6.45) is 5.53. The average Bonchev–Trinajstić information content (AvgIpc) is 3.22. The fraction of sp³-hybridized carbons (Fsp3) is 0.423. The molecule has 32 heavy (non-hydrogen) atoms. The molecule has 0 saturated carbocycles. The van der Waals surface area contributed by atoms with E-state index in [9.17, 15) is 5.11 Å². The van der Waals surface area contributed by atoms with E-state index in [1.807, 2.05) is 30.1 Å². The van der Waals surface area contributed by atoms with Gasteiger partial charge in [-0.2, -0.15) is 5.10 Å². The first-order valence-corrected chi connectivity index (χ1v) is 11.4. The highest BCUT2D eigenvalue weighted by Crippen LogP contribution is 2.19. The molecule has 2 aromatic carbocycles. The second kappa shape index (κ2) is 10.8. The molecule has 6 nitrogen and oxygen atoms in total. The zero-order chi connectivity index (χ0) is 22.3. The molecule has 0 bridgehead atoms. The van der Waals surface area contributed by atoms with Crippen LogP contribution in [0, 0.1) is 0 Å². The lowest BCUT2D eigenvalue weighted by Crippen LogP contribution is -2.38. The van der Waals surface area contributed by atoms with Crippen molar-refractivity contribution in [2.24, 2.45) is 7.05 Å². The molecule has 1 N–H and O–H groups in total. The van der Waals surface area contributed by atoms with E-state index in [0.717, 1.165) is 44.8 Å². The topological polar surface area (TPSA) is 53.8 Å². The van der Waals surface area contributed by atoms with Crippen LogP contribution in [0.15, 0.2) is 60.9 Å². The predicted octanol–water partition coefficient (Wildman–Crippen LogP) is 2.89. The smallest absolute Gasteiger partial charge is 0.119 e. The molecule has 0 fully saturated rings. The Labute approximate surface area is 191 Å². The molecule has 1 atom stereocenters. The molecule has 0 saturated heterocycles. The number of nitrogens with zero attached hydrogens (tertiary/aromatic N) is 4. The van der Waals surface area contributed by atoms with Gasteiger partial charge in [-0.05, 0) is 54.3 Å². The average molecular weight is 435 g/mol. The Hall–Kier alpha value is -2.67. The lowest BCUT2D eigenvalue weighted by Gasteiger charge is -2.30. The lowest BCUT2D eigenvalue weighted by atomic mass is 10.00. The molecule has 2 heterocycles. The van der Waals surface area contributed by atoms with Crippen molar-refractivity contribution in [3.63, 3.8) is 0 Å². The number of rotatable bonds is 10. The standard InChI is InChI=1S/C26H34N4O2/c1-28(13-11-22-15-27-29(2)17-22)16-21-7-9-26(10-8-21)32-20-25(31)19-30-14-12-23-5-3-4-6-24(23)18-30/h3-10,15,17,25,31H,11-14,16,18-20H2,1-2H3. The quantitative estimate of drug-likeness (QED) is 0.532. The summed E-state index contributed by atoms with van der Waals surface area (Å²) in [6.45, 7) is 4.70. The molecule has 1 aliphatic rings. The highest BCUT2D eigenvalue weighted by Gasteiger charge is 2.18. The molecule has 1 aromatic heterocycles. The number of β-amino-alcohol motifs (C(OH)–C–C–N with tert-alkyl or cyclic N) is 1. The van der Waals surface area contributed by atoms with Crippen molar-refractivity contribution >= 4 is 0 Å². The van der Waals surface area contributed by atoms with Crippen LogP contribution in [0.1, 0.15) is 22.3 Å². The Morgan fingerprint density at radius 1 is 1.09 bits per heavy atom. The Morgan fingerprint density at radius 2 is 1.88 bits per heavy atom. The van der Waals surface area contributed by atoms with E-state index >= 15 is 0 Å². The molecule has 1 aliphatic heterocycles. The second-order valence-electron chi connectivity index (χ2n) is 8.87. The summed E-state index contributed by atoms with van der Waals surface area (Å²) in [5, 5.41) is 14.7. The number of aliphatic hydroxyl groups is 1. The van der Waals surface area contributed by atoms with Crippen molar-refractivity contribution in [1.82, 2.24) is 19.6 Å². The molecule has 6 heteroatoms. The van der Waals surface area contributed by atoms with Gasteiger partial charge in [-0.25, -0.2) is 0 Å². The van der Waals surface area contributed by atoms with Gasteiger partial charge in [0, 0.05) is 46.0 Å². The molecule has 0 radical (unpaired) electrons. The first-order chi connectivity index (χ1) is 15.5. The van der Waals surface area contributed by atoms with Crippen LogP contribution in [0.2, 0.25) is 0 Å². The Bertz CT molecular complexity index is 986. The molecule has 0 spiro atoms. The normalized spacial score (nSPS) is 15.0. The molecular formula is C26H34N4O2. The summed E-state index contributed by atoms with van der Waals surface area (Å²) in [5.74, 6) is 0.801. The SMILES string of the molecule is CN(CCc1cnn(C)c1)Cc1ccc(OCC(O)CN2CCc3ccccc3C2)cc1. The number of aliphatic hydroxyl groups excluding tert-OH is 1. The number of hydrogen-bond donors (Lipinski definition) is 1. The monoisotopic (exact) mass is 434 g/mol. The van der Waals surface area contributed by atoms with Crippen molar-refractivity contribution in [3.05, 3.63) is 83.2 Å². The molecule has 0 amide bonds. The zero-order valence-electron chi connectivity index (χ0n) is 19.2. The minimum absolute atomic E-state index is 0.308. The van der Waals surface area contributed by atoms with Gasteiger partial charge in [-0.15, -0.1) is 0 Å². The molecule has 170 valence electrons. The Morgan fingerprint density at radius 3 is 2.62 bits per heavy atom. The summed E-state index contributed by atoms with van der Waals surface area (Å²) in [5.41, 5.74) is 5.30. The second-order valence-corrected chi connectivity index (χ2v) is 8.87. The lowest BCUT2D eigenvalue weighted by molar-refractivity contribution is 0.0638. The van der Waals surface area contributed by atoms with Gasteiger partial charge in [0.1, 0.15) is 18.5 Å². The first kappa shape index (κ1) is 22.5. The number of fused-ring (bicyclic) bond motifs is 1. The third-order valence-corrected chi connectivity index (χ3v) is 6.04. The summed E-state index contributed by atoms with van der Waals surface area (Å²) < 4.78 is 7.69. The predicted molar refractivity (Wildman–Crippen MR) is 127 cm³/mol. The van der Waals surface area contributed by atoms with E-state index < -0.39 is 6.10 Å². The van der Waals surface area contributed by atoms with Gasteiger partial charge in [-0.3, -0.25) is 9.58 Å². The fourth-order valence-electron chi connectivity index (χ4n) is 4.26. The third kappa shape index (κ3) is 6.42. The minimum atomic E-state index is -0.501.